The van der Waals surface area contributed by atoms with Gasteiger partial charge in [-0.1, -0.05) is 61.9 Å². The minimum Gasteiger partial charge on any atom is -0.481 e. The van der Waals surface area contributed by atoms with E-state index in [4.69, 9.17) is 4.74 Å². The Morgan fingerprint density at radius 1 is 1.09 bits per heavy atom. The zero-order valence-corrected chi connectivity index (χ0v) is 19.5. The number of ether oxygens (including phenoxy) is 1. The van der Waals surface area contributed by atoms with Gasteiger partial charge < -0.3 is 20.1 Å². The highest BCUT2D eigenvalue weighted by atomic mass is 16.5. The minimum absolute atomic E-state index is 0.0225. The van der Waals surface area contributed by atoms with Crippen LogP contribution in [0.3, 0.4) is 0 Å². The van der Waals surface area contributed by atoms with Crippen molar-refractivity contribution in [2.75, 3.05) is 19.7 Å². The molecule has 1 saturated heterocycles. The number of nitrogens with zero attached hydrogens (tertiary/aromatic N) is 1. The van der Waals surface area contributed by atoms with Crippen LogP contribution in [0.2, 0.25) is 0 Å². The van der Waals surface area contributed by atoms with E-state index in [1.54, 1.807) is 4.90 Å². The number of piperidine rings is 1. The average molecular weight is 465 g/mol. The van der Waals surface area contributed by atoms with Gasteiger partial charge in [0, 0.05) is 31.5 Å². The number of carbonyl (C=O) groups excluding carboxylic acids is 2. The topological polar surface area (TPSA) is 95.9 Å². The largest absolute Gasteiger partial charge is 0.481 e. The lowest BCUT2D eigenvalue weighted by Crippen LogP contribution is -2.45. The zero-order valence-electron chi connectivity index (χ0n) is 19.5. The van der Waals surface area contributed by atoms with E-state index in [1.807, 2.05) is 31.2 Å². The van der Waals surface area contributed by atoms with Crippen molar-refractivity contribution in [2.45, 2.75) is 51.0 Å². The second kappa shape index (κ2) is 10.7. The Labute approximate surface area is 200 Å². The third-order valence-electron chi connectivity index (χ3n) is 6.85. The third-order valence-corrected chi connectivity index (χ3v) is 6.85. The monoisotopic (exact) mass is 464 g/mol. The fraction of sp³-hybridized carbons (Fsp3) is 0.444. The molecular weight excluding hydrogens is 432 g/mol. The number of carboxylic acid groups (broad SMARTS) is 1. The number of fused-ring (bicyclic) bond motifs is 3. The molecule has 7 heteroatoms. The van der Waals surface area contributed by atoms with E-state index < -0.39 is 18.0 Å². The Morgan fingerprint density at radius 3 is 2.35 bits per heavy atom. The molecule has 2 N–H and O–H groups in total. The summed E-state index contributed by atoms with van der Waals surface area (Å²) in [6.07, 6.45) is 2.34. The fourth-order valence-corrected chi connectivity index (χ4v) is 5.13. The predicted octanol–water partition coefficient (Wildman–Crippen LogP) is 4.41. The molecule has 2 atom stereocenters. The molecule has 1 heterocycles. The first-order chi connectivity index (χ1) is 16.5. The van der Waals surface area contributed by atoms with Crippen LogP contribution in [-0.2, 0) is 14.3 Å². The Balaban J connectivity index is 1.35. The molecule has 0 aromatic heterocycles. The molecule has 0 radical (unpaired) electrons. The molecule has 2 amide bonds. The summed E-state index contributed by atoms with van der Waals surface area (Å²) in [5.41, 5.74) is 4.63. The summed E-state index contributed by atoms with van der Waals surface area (Å²) < 4.78 is 5.64. The number of rotatable bonds is 8. The third kappa shape index (κ3) is 5.24. The molecular formula is C27H32N2O5. The fourth-order valence-electron chi connectivity index (χ4n) is 5.13. The van der Waals surface area contributed by atoms with E-state index in [0.29, 0.717) is 25.8 Å². The number of carbonyl (C=O) groups is 3. The summed E-state index contributed by atoms with van der Waals surface area (Å²) in [5, 5.41) is 12.2. The molecule has 0 saturated carbocycles. The molecule has 2 aromatic carbocycles. The number of amides is 2. The van der Waals surface area contributed by atoms with Crippen LogP contribution in [0.5, 0.6) is 0 Å². The van der Waals surface area contributed by atoms with Crippen molar-refractivity contribution in [3.05, 3.63) is 59.7 Å². The smallest absolute Gasteiger partial charge is 0.407 e. The lowest BCUT2D eigenvalue weighted by molar-refractivity contribution is -0.145. The number of nitrogens with one attached hydrogen (secondary N) is 1. The van der Waals surface area contributed by atoms with Gasteiger partial charge in [0.05, 0.1) is 5.92 Å². The van der Waals surface area contributed by atoms with Gasteiger partial charge in [-0.25, -0.2) is 4.79 Å². The van der Waals surface area contributed by atoms with Crippen LogP contribution in [-0.4, -0.2) is 53.7 Å². The number of hydrogen-bond donors (Lipinski definition) is 2. The molecule has 1 aliphatic heterocycles. The molecule has 0 bridgehead atoms. The molecule has 1 fully saturated rings. The van der Waals surface area contributed by atoms with Crippen molar-refractivity contribution in [1.82, 2.24) is 10.2 Å². The molecule has 1 unspecified atom stereocenters. The summed E-state index contributed by atoms with van der Waals surface area (Å²) in [5.74, 6) is -1.52. The summed E-state index contributed by atoms with van der Waals surface area (Å²) in [6, 6.07) is 16.0. The normalized spacial score (nSPS) is 18.0. The minimum atomic E-state index is -0.862. The lowest BCUT2D eigenvalue weighted by Gasteiger charge is -2.32. The summed E-state index contributed by atoms with van der Waals surface area (Å²) in [7, 11) is 0. The van der Waals surface area contributed by atoms with E-state index >= 15 is 0 Å². The van der Waals surface area contributed by atoms with Crippen molar-refractivity contribution in [3.63, 3.8) is 0 Å². The van der Waals surface area contributed by atoms with Crippen molar-refractivity contribution in [1.29, 1.82) is 0 Å². The number of carboxylic acids is 1. The van der Waals surface area contributed by atoms with Crippen LogP contribution in [0.1, 0.15) is 56.1 Å². The molecule has 2 aromatic rings. The van der Waals surface area contributed by atoms with E-state index in [0.717, 1.165) is 17.5 Å². The average Bonchev–Trinajstić information content (AvgIpc) is 3.16. The van der Waals surface area contributed by atoms with Gasteiger partial charge in [-0.3, -0.25) is 9.59 Å². The number of alkyl carbamates (subject to hydrolysis) is 1. The zero-order chi connectivity index (χ0) is 24.1. The molecule has 34 heavy (non-hydrogen) atoms. The second-order valence-corrected chi connectivity index (χ2v) is 9.18. The maximum Gasteiger partial charge on any atom is 0.407 e. The molecule has 180 valence electrons. The Morgan fingerprint density at radius 2 is 1.74 bits per heavy atom. The summed E-state index contributed by atoms with van der Waals surface area (Å²) in [4.78, 5) is 38.4. The quantitative estimate of drug-likeness (QED) is 0.603. The van der Waals surface area contributed by atoms with Gasteiger partial charge in [0.25, 0.3) is 0 Å². The van der Waals surface area contributed by atoms with Crippen LogP contribution >= 0.6 is 0 Å². The van der Waals surface area contributed by atoms with Crippen molar-refractivity contribution in [3.8, 4) is 11.1 Å². The van der Waals surface area contributed by atoms with E-state index in [-0.39, 0.29) is 37.4 Å². The standard InChI is InChI=1S/C27H32N2O5/c1-2-8-19(15-25(30)29-14-7-9-18(16-29)26(31)32)28-27(33)34-17-24-22-12-5-3-10-20(22)21-11-4-6-13-23(21)24/h3-6,10-13,18-19,24H,2,7-9,14-17H2,1H3,(H,28,33)(H,31,32)/t18-,19?/m1/s1. The van der Waals surface area contributed by atoms with E-state index in [9.17, 15) is 19.5 Å². The number of benzene rings is 2. The van der Waals surface area contributed by atoms with Crippen LogP contribution < -0.4 is 5.32 Å². The number of aliphatic carboxylic acids is 1. The lowest BCUT2D eigenvalue weighted by atomic mass is 9.97. The first-order valence-electron chi connectivity index (χ1n) is 12.1. The second-order valence-electron chi connectivity index (χ2n) is 9.18. The maximum absolute atomic E-state index is 12.8. The molecule has 1 aliphatic carbocycles. The van der Waals surface area contributed by atoms with Crippen molar-refractivity contribution in [2.24, 2.45) is 5.92 Å². The van der Waals surface area contributed by atoms with Crippen LogP contribution in [0, 0.1) is 5.92 Å². The molecule has 7 nitrogen and oxygen atoms in total. The number of hydrogen-bond acceptors (Lipinski definition) is 4. The van der Waals surface area contributed by atoms with Gasteiger partial charge in [-0.15, -0.1) is 0 Å². The van der Waals surface area contributed by atoms with Crippen LogP contribution in [0.4, 0.5) is 4.79 Å². The van der Waals surface area contributed by atoms with Crippen LogP contribution in [0.25, 0.3) is 11.1 Å². The van der Waals surface area contributed by atoms with Gasteiger partial charge in [0.1, 0.15) is 6.61 Å². The highest BCUT2D eigenvalue weighted by molar-refractivity contribution is 5.80. The Kier molecular flexibility index (Phi) is 7.50. The summed E-state index contributed by atoms with van der Waals surface area (Å²) >= 11 is 0. The van der Waals surface area contributed by atoms with E-state index in [1.165, 1.54) is 11.1 Å². The number of likely N-dealkylation sites (tertiary alicyclic amines) is 1. The highest BCUT2D eigenvalue weighted by Gasteiger charge is 2.31. The highest BCUT2D eigenvalue weighted by Crippen LogP contribution is 2.44. The molecule has 2 aliphatic rings. The maximum atomic E-state index is 12.8. The Bertz CT molecular complexity index is 1010. The predicted molar refractivity (Wildman–Crippen MR) is 128 cm³/mol. The molecule has 0 spiro atoms. The van der Waals surface area contributed by atoms with Crippen molar-refractivity contribution < 1.29 is 24.2 Å². The summed E-state index contributed by atoms with van der Waals surface area (Å²) in [6.45, 7) is 3.02. The first kappa shape index (κ1) is 23.8. The van der Waals surface area contributed by atoms with Gasteiger partial charge in [-0.2, -0.15) is 0 Å². The van der Waals surface area contributed by atoms with Gasteiger partial charge in [0.2, 0.25) is 5.91 Å². The molecule has 4 rings (SSSR count). The first-order valence-corrected chi connectivity index (χ1v) is 12.1. The van der Waals surface area contributed by atoms with E-state index in [2.05, 4.69) is 29.6 Å². The van der Waals surface area contributed by atoms with Crippen molar-refractivity contribution >= 4 is 18.0 Å². The Hall–Kier alpha value is -3.35. The SMILES string of the molecule is CCCC(CC(=O)N1CCC[C@@H](C(=O)O)C1)NC(=O)OCC1c2ccccc2-c2ccccc21. The van der Waals surface area contributed by atoms with Gasteiger partial charge in [-0.05, 0) is 41.5 Å². The van der Waals surface area contributed by atoms with Crippen LogP contribution in [0.15, 0.2) is 48.5 Å². The van der Waals surface area contributed by atoms with Gasteiger partial charge >= 0.3 is 12.1 Å². The van der Waals surface area contributed by atoms with Gasteiger partial charge in [0.15, 0.2) is 0 Å².